The van der Waals surface area contributed by atoms with Crippen molar-refractivity contribution in [3.63, 3.8) is 0 Å². The van der Waals surface area contributed by atoms with E-state index in [-0.39, 0.29) is 5.91 Å². The standard InChI is InChI=1S/C28H33N5O2/c1-20-9-12-30-33(20)23-5-7-25-21(15-23)3-8-26(25)32-18-28(19-32)10-13-31(14-11-28)27(34)16-22-4-6-24(35-2)17-29-22/h4-7,9,12,15,17,26H,3,8,10-11,13-14,16,18-19H2,1-2H3/t26-/m1/s1. The summed E-state index contributed by atoms with van der Waals surface area (Å²) in [5, 5.41) is 4.47. The molecule has 2 fully saturated rings. The summed E-state index contributed by atoms with van der Waals surface area (Å²) in [5.74, 6) is 0.899. The number of nitrogens with zero attached hydrogens (tertiary/aromatic N) is 5. The van der Waals surface area contributed by atoms with Crippen molar-refractivity contribution < 1.29 is 9.53 Å². The van der Waals surface area contributed by atoms with Gasteiger partial charge in [-0.05, 0) is 79.5 Å². The fourth-order valence-corrected chi connectivity index (χ4v) is 6.22. The van der Waals surface area contributed by atoms with Crippen LogP contribution in [0.2, 0.25) is 0 Å². The average Bonchev–Trinajstić information content (AvgIpc) is 3.48. The van der Waals surface area contributed by atoms with Gasteiger partial charge in [0.05, 0.1) is 25.4 Å². The molecule has 7 heteroatoms. The number of carbonyl (C=O) groups is 1. The van der Waals surface area contributed by atoms with Crippen LogP contribution in [-0.4, -0.2) is 63.8 Å². The summed E-state index contributed by atoms with van der Waals surface area (Å²) in [7, 11) is 1.62. The molecule has 3 aromatic rings. The molecule has 0 radical (unpaired) electrons. The number of hydrogen-bond donors (Lipinski definition) is 0. The van der Waals surface area contributed by atoms with Crippen LogP contribution >= 0.6 is 0 Å². The molecule has 1 spiro atoms. The van der Waals surface area contributed by atoms with E-state index in [1.54, 1.807) is 13.3 Å². The van der Waals surface area contributed by atoms with Gasteiger partial charge < -0.3 is 9.64 Å². The van der Waals surface area contributed by atoms with E-state index >= 15 is 0 Å². The van der Waals surface area contributed by atoms with Crippen molar-refractivity contribution >= 4 is 5.91 Å². The first-order chi connectivity index (χ1) is 17.0. The Morgan fingerprint density at radius 1 is 1.14 bits per heavy atom. The SMILES string of the molecule is COc1ccc(CC(=O)N2CCC3(CC2)CN([C@@H]2CCc4cc(-n5nccc5C)ccc42)C3)nc1. The van der Waals surface area contributed by atoms with E-state index in [2.05, 4.69) is 40.1 Å². The number of amides is 1. The van der Waals surface area contributed by atoms with Crippen LogP contribution in [-0.2, 0) is 17.6 Å². The van der Waals surface area contributed by atoms with Crippen LogP contribution in [0.3, 0.4) is 0 Å². The van der Waals surface area contributed by atoms with E-state index in [9.17, 15) is 4.79 Å². The van der Waals surface area contributed by atoms with Gasteiger partial charge in [-0.15, -0.1) is 0 Å². The molecule has 3 aliphatic rings. The van der Waals surface area contributed by atoms with Crippen LogP contribution in [0, 0.1) is 12.3 Å². The second-order valence-corrected chi connectivity index (χ2v) is 10.5. The number of fused-ring (bicyclic) bond motifs is 1. The third kappa shape index (κ3) is 4.12. The zero-order chi connectivity index (χ0) is 24.0. The number of piperidine rings is 1. The molecule has 6 rings (SSSR count). The lowest BCUT2D eigenvalue weighted by Gasteiger charge is -2.56. The maximum atomic E-state index is 12.8. The van der Waals surface area contributed by atoms with E-state index in [1.807, 2.05) is 34.0 Å². The fourth-order valence-electron chi connectivity index (χ4n) is 6.22. The summed E-state index contributed by atoms with van der Waals surface area (Å²) in [4.78, 5) is 21.9. The Hall–Kier alpha value is -3.19. The molecule has 0 N–H and O–H groups in total. The summed E-state index contributed by atoms with van der Waals surface area (Å²) in [6.45, 7) is 6.11. The molecular weight excluding hydrogens is 438 g/mol. The highest BCUT2D eigenvalue weighted by Gasteiger charge is 2.48. The number of benzene rings is 1. The molecule has 0 bridgehead atoms. The minimum atomic E-state index is 0.182. The number of pyridine rings is 1. The van der Waals surface area contributed by atoms with Gasteiger partial charge in [-0.25, -0.2) is 4.68 Å². The largest absolute Gasteiger partial charge is 0.495 e. The van der Waals surface area contributed by atoms with E-state index in [0.717, 1.165) is 62.5 Å². The van der Waals surface area contributed by atoms with Crippen molar-refractivity contribution in [1.29, 1.82) is 0 Å². The molecular formula is C28H33N5O2. The lowest BCUT2D eigenvalue weighted by Crippen LogP contribution is -2.61. The molecule has 2 aliphatic heterocycles. The van der Waals surface area contributed by atoms with Crippen LogP contribution in [0.1, 0.15) is 47.8 Å². The number of ether oxygens (including phenoxy) is 1. The molecule has 1 aromatic carbocycles. The van der Waals surface area contributed by atoms with Gasteiger partial charge in [-0.1, -0.05) is 6.07 Å². The Balaban J connectivity index is 1.03. The van der Waals surface area contributed by atoms with Gasteiger partial charge in [0, 0.05) is 49.8 Å². The predicted octanol–water partition coefficient (Wildman–Crippen LogP) is 3.74. The molecule has 4 heterocycles. The van der Waals surface area contributed by atoms with Crippen LogP contribution in [0.4, 0.5) is 0 Å². The average molecular weight is 472 g/mol. The van der Waals surface area contributed by atoms with Crippen LogP contribution < -0.4 is 4.74 Å². The Morgan fingerprint density at radius 2 is 1.97 bits per heavy atom. The summed E-state index contributed by atoms with van der Waals surface area (Å²) < 4.78 is 7.18. The monoisotopic (exact) mass is 471 g/mol. The number of hydrogen-bond acceptors (Lipinski definition) is 5. The number of methoxy groups -OCH3 is 1. The smallest absolute Gasteiger partial charge is 0.228 e. The molecule has 2 aromatic heterocycles. The normalized spacial score (nSPS) is 21.1. The van der Waals surface area contributed by atoms with E-state index in [0.29, 0.717) is 23.6 Å². The summed E-state index contributed by atoms with van der Waals surface area (Å²) in [5.41, 5.74) is 6.47. The minimum absolute atomic E-state index is 0.182. The van der Waals surface area contributed by atoms with Gasteiger partial charge in [-0.3, -0.25) is 14.7 Å². The molecule has 182 valence electrons. The maximum absolute atomic E-state index is 12.8. The Morgan fingerprint density at radius 3 is 2.66 bits per heavy atom. The molecule has 0 unspecified atom stereocenters. The number of rotatable bonds is 5. The molecule has 1 atom stereocenters. The Bertz CT molecular complexity index is 1220. The Kier molecular flexibility index (Phi) is 5.60. The van der Waals surface area contributed by atoms with Gasteiger partial charge >= 0.3 is 0 Å². The number of aryl methyl sites for hydroxylation is 2. The van der Waals surface area contributed by atoms with Crippen LogP contribution in [0.25, 0.3) is 5.69 Å². The lowest BCUT2D eigenvalue weighted by molar-refractivity contribution is -0.136. The lowest BCUT2D eigenvalue weighted by atomic mass is 9.71. The first-order valence-electron chi connectivity index (χ1n) is 12.7. The molecule has 35 heavy (non-hydrogen) atoms. The number of carbonyl (C=O) groups excluding carboxylic acids is 1. The zero-order valence-electron chi connectivity index (χ0n) is 20.6. The second kappa shape index (κ2) is 8.79. The Labute approximate surface area is 206 Å². The highest BCUT2D eigenvalue weighted by Crippen LogP contribution is 2.48. The summed E-state index contributed by atoms with van der Waals surface area (Å²) in [6.07, 6.45) is 8.44. The van der Waals surface area contributed by atoms with Crippen molar-refractivity contribution in [2.45, 2.75) is 45.1 Å². The topological polar surface area (TPSA) is 63.5 Å². The third-order valence-electron chi connectivity index (χ3n) is 8.31. The van der Waals surface area contributed by atoms with Crippen molar-refractivity contribution in [3.05, 3.63) is 71.3 Å². The van der Waals surface area contributed by atoms with Crippen molar-refractivity contribution in [3.8, 4) is 11.4 Å². The quantitative estimate of drug-likeness (QED) is 0.567. The van der Waals surface area contributed by atoms with Crippen molar-refractivity contribution in [2.75, 3.05) is 33.3 Å². The molecule has 2 saturated heterocycles. The first-order valence-corrected chi connectivity index (χ1v) is 12.7. The zero-order valence-corrected chi connectivity index (χ0v) is 20.6. The molecule has 1 amide bonds. The predicted molar refractivity (Wildman–Crippen MR) is 134 cm³/mol. The molecule has 1 aliphatic carbocycles. The fraction of sp³-hybridized carbons (Fsp3) is 0.464. The highest BCUT2D eigenvalue weighted by atomic mass is 16.5. The van der Waals surface area contributed by atoms with E-state index < -0.39 is 0 Å². The highest BCUT2D eigenvalue weighted by molar-refractivity contribution is 5.78. The van der Waals surface area contributed by atoms with Gasteiger partial charge in [0.1, 0.15) is 5.75 Å². The van der Waals surface area contributed by atoms with Gasteiger partial charge in [0.15, 0.2) is 0 Å². The van der Waals surface area contributed by atoms with Gasteiger partial charge in [0.2, 0.25) is 5.91 Å². The van der Waals surface area contributed by atoms with Gasteiger partial charge in [-0.2, -0.15) is 5.10 Å². The van der Waals surface area contributed by atoms with Crippen LogP contribution in [0.5, 0.6) is 5.75 Å². The first kappa shape index (κ1) is 22.3. The molecule has 0 saturated carbocycles. The maximum Gasteiger partial charge on any atom is 0.228 e. The summed E-state index contributed by atoms with van der Waals surface area (Å²) >= 11 is 0. The third-order valence-corrected chi connectivity index (χ3v) is 8.31. The molecule has 7 nitrogen and oxygen atoms in total. The second-order valence-electron chi connectivity index (χ2n) is 10.5. The number of aromatic nitrogens is 3. The van der Waals surface area contributed by atoms with Gasteiger partial charge in [0.25, 0.3) is 0 Å². The van der Waals surface area contributed by atoms with E-state index in [1.165, 1.54) is 17.5 Å². The van der Waals surface area contributed by atoms with Crippen LogP contribution in [0.15, 0.2) is 48.8 Å². The number of likely N-dealkylation sites (tertiary alicyclic amines) is 2. The minimum Gasteiger partial charge on any atom is -0.495 e. The summed E-state index contributed by atoms with van der Waals surface area (Å²) in [6, 6.07) is 13.2. The van der Waals surface area contributed by atoms with Crippen molar-refractivity contribution in [1.82, 2.24) is 24.6 Å². The van der Waals surface area contributed by atoms with Crippen molar-refractivity contribution in [2.24, 2.45) is 5.41 Å². The van der Waals surface area contributed by atoms with E-state index in [4.69, 9.17) is 4.74 Å².